The Morgan fingerprint density at radius 3 is 2.59 bits per heavy atom. The van der Waals surface area contributed by atoms with E-state index in [1.807, 2.05) is 57.2 Å². The topological polar surface area (TPSA) is 51.5 Å². The van der Waals surface area contributed by atoms with Gasteiger partial charge in [-0.05, 0) is 56.7 Å². The van der Waals surface area contributed by atoms with Gasteiger partial charge in [-0.2, -0.15) is 0 Å². The first-order valence-corrected chi connectivity index (χ1v) is 7.36. The summed E-state index contributed by atoms with van der Waals surface area (Å²) < 4.78 is 10.9. The van der Waals surface area contributed by atoms with E-state index >= 15 is 0 Å². The number of carbonyl (C=O) groups excluding carboxylic acids is 1. The molecule has 0 fully saturated rings. The predicted octanol–water partition coefficient (Wildman–Crippen LogP) is 3.88. The predicted molar refractivity (Wildman–Crippen MR) is 86.6 cm³/mol. The summed E-state index contributed by atoms with van der Waals surface area (Å²) in [6.07, 6.45) is 3.28. The van der Waals surface area contributed by atoms with Crippen molar-refractivity contribution in [3.8, 4) is 5.75 Å². The SMILES string of the molecule is CCOc1ccc(/C=C/C(=O)NC(C)c2ccc(C)o2)cc1. The van der Waals surface area contributed by atoms with Crippen LogP contribution in [0.2, 0.25) is 0 Å². The van der Waals surface area contributed by atoms with Crippen LogP contribution in [0.4, 0.5) is 0 Å². The van der Waals surface area contributed by atoms with Crippen molar-refractivity contribution in [3.63, 3.8) is 0 Å². The number of nitrogens with one attached hydrogen (secondary N) is 1. The van der Waals surface area contributed by atoms with Crippen molar-refractivity contribution in [2.75, 3.05) is 6.61 Å². The highest BCUT2D eigenvalue weighted by atomic mass is 16.5. The number of rotatable bonds is 6. The standard InChI is InChI=1S/C18H21NO3/c1-4-21-16-9-6-15(7-10-16)8-12-18(20)19-14(3)17-11-5-13(2)22-17/h5-12,14H,4H2,1-3H3,(H,19,20)/b12-8+. The van der Waals surface area contributed by atoms with Crippen LogP contribution in [-0.2, 0) is 4.79 Å². The third kappa shape index (κ3) is 4.52. The normalized spacial score (nSPS) is 12.3. The molecule has 1 unspecified atom stereocenters. The number of hydrogen-bond donors (Lipinski definition) is 1. The molecule has 4 heteroatoms. The summed E-state index contributed by atoms with van der Waals surface area (Å²) in [5.74, 6) is 2.25. The molecule has 2 aromatic rings. The molecule has 1 amide bonds. The Kier molecular flexibility index (Phi) is 5.42. The lowest BCUT2D eigenvalue weighted by Gasteiger charge is -2.09. The second kappa shape index (κ2) is 7.50. The first-order valence-electron chi connectivity index (χ1n) is 7.36. The first-order chi connectivity index (χ1) is 10.6. The molecule has 2 rings (SSSR count). The molecule has 0 saturated heterocycles. The largest absolute Gasteiger partial charge is 0.494 e. The third-order valence-corrected chi connectivity index (χ3v) is 3.16. The molecule has 1 N–H and O–H groups in total. The number of ether oxygens (including phenoxy) is 1. The molecule has 1 heterocycles. The number of aryl methyl sites for hydroxylation is 1. The van der Waals surface area contributed by atoms with E-state index in [1.54, 1.807) is 6.08 Å². The van der Waals surface area contributed by atoms with Gasteiger partial charge in [0.2, 0.25) is 5.91 Å². The fourth-order valence-electron chi connectivity index (χ4n) is 2.03. The van der Waals surface area contributed by atoms with Crippen LogP contribution >= 0.6 is 0 Å². The molecular formula is C18H21NO3. The second-order valence-corrected chi connectivity index (χ2v) is 5.01. The van der Waals surface area contributed by atoms with Gasteiger partial charge in [0, 0.05) is 6.08 Å². The average Bonchev–Trinajstić information content (AvgIpc) is 2.93. The van der Waals surface area contributed by atoms with Gasteiger partial charge in [0.1, 0.15) is 17.3 Å². The molecule has 0 aliphatic heterocycles. The fraction of sp³-hybridized carbons (Fsp3) is 0.278. The van der Waals surface area contributed by atoms with Gasteiger partial charge in [-0.3, -0.25) is 4.79 Å². The maximum absolute atomic E-state index is 11.9. The molecule has 0 bridgehead atoms. The van der Waals surface area contributed by atoms with Crippen LogP contribution in [0, 0.1) is 6.92 Å². The molecule has 22 heavy (non-hydrogen) atoms. The Morgan fingerprint density at radius 1 is 1.27 bits per heavy atom. The van der Waals surface area contributed by atoms with Crippen LogP contribution in [0.3, 0.4) is 0 Å². The van der Waals surface area contributed by atoms with E-state index in [1.165, 1.54) is 6.08 Å². The number of benzene rings is 1. The van der Waals surface area contributed by atoms with Gasteiger partial charge in [0.05, 0.1) is 12.6 Å². The highest BCUT2D eigenvalue weighted by Gasteiger charge is 2.10. The van der Waals surface area contributed by atoms with E-state index in [0.29, 0.717) is 6.61 Å². The third-order valence-electron chi connectivity index (χ3n) is 3.16. The average molecular weight is 299 g/mol. The van der Waals surface area contributed by atoms with Gasteiger partial charge in [0.25, 0.3) is 0 Å². The van der Waals surface area contributed by atoms with Crippen molar-refractivity contribution >= 4 is 12.0 Å². The zero-order valence-corrected chi connectivity index (χ0v) is 13.1. The summed E-state index contributed by atoms with van der Waals surface area (Å²) in [6.45, 7) is 6.35. The van der Waals surface area contributed by atoms with Crippen molar-refractivity contribution < 1.29 is 13.9 Å². The molecule has 0 aliphatic carbocycles. The monoisotopic (exact) mass is 299 g/mol. The first kappa shape index (κ1) is 15.9. The van der Waals surface area contributed by atoms with Crippen molar-refractivity contribution in [1.29, 1.82) is 0 Å². The van der Waals surface area contributed by atoms with Gasteiger partial charge in [0.15, 0.2) is 0 Å². The van der Waals surface area contributed by atoms with Crippen LogP contribution < -0.4 is 10.1 Å². The minimum atomic E-state index is -0.161. The summed E-state index contributed by atoms with van der Waals surface area (Å²) in [4.78, 5) is 11.9. The molecule has 0 spiro atoms. The Labute approximate surface area is 130 Å². The van der Waals surface area contributed by atoms with Crippen molar-refractivity contribution in [1.82, 2.24) is 5.32 Å². The van der Waals surface area contributed by atoms with Crippen molar-refractivity contribution in [2.45, 2.75) is 26.8 Å². The van der Waals surface area contributed by atoms with E-state index < -0.39 is 0 Å². The molecular weight excluding hydrogens is 278 g/mol. The lowest BCUT2D eigenvalue weighted by molar-refractivity contribution is -0.117. The maximum atomic E-state index is 11.9. The van der Waals surface area contributed by atoms with Gasteiger partial charge in [-0.15, -0.1) is 0 Å². The van der Waals surface area contributed by atoms with E-state index in [4.69, 9.17) is 9.15 Å². The van der Waals surface area contributed by atoms with Gasteiger partial charge in [-0.25, -0.2) is 0 Å². The number of hydrogen-bond acceptors (Lipinski definition) is 3. The van der Waals surface area contributed by atoms with E-state index in [2.05, 4.69) is 5.32 Å². The molecule has 0 saturated carbocycles. The minimum absolute atomic E-state index is 0.157. The molecule has 0 aliphatic rings. The smallest absolute Gasteiger partial charge is 0.244 e. The van der Waals surface area contributed by atoms with Crippen LogP contribution in [0.25, 0.3) is 6.08 Å². The highest BCUT2D eigenvalue weighted by molar-refractivity contribution is 5.91. The van der Waals surface area contributed by atoms with E-state index in [9.17, 15) is 4.79 Å². The lowest BCUT2D eigenvalue weighted by atomic mass is 10.2. The van der Waals surface area contributed by atoms with Crippen molar-refractivity contribution in [2.24, 2.45) is 0 Å². The quantitative estimate of drug-likeness (QED) is 0.824. The van der Waals surface area contributed by atoms with Crippen LogP contribution in [-0.4, -0.2) is 12.5 Å². The zero-order valence-electron chi connectivity index (χ0n) is 13.1. The summed E-state index contributed by atoms with van der Waals surface area (Å²) in [7, 11) is 0. The van der Waals surface area contributed by atoms with Gasteiger partial charge >= 0.3 is 0 Å². The number of furan rings is 1. The molecule has 0 radical (unpaired) electrons. The Morgan fingerprint density at radius 2 is 2.00 bits per heavy atom. The van der Waals surface area contributed by atoms with Crippen molar-refractivity contribution in [3.05, 3.63) is 59.6 Å². The zero-order chi connectivity index (χ0) is 15.9. The molecule has 1 aromatic heterocycles. The Bertz CT molecular complexity index is 641. The number of carbonyl (C=O) groups is 1. The lowest BCUT2D eigenvalue weighted by Crippen LogP contribution is -2.24. The summed E-state index contributed by atoms with van der Waals surface area (Å²) in [5.41, 5.74) is 0.945. The fourth-order valence-corrected chi connectivity index (χ4v) is 2.03. The molecule has 4 nitrogen and oxygen atoms in total. The highest BCUT2D eigenvalue weighted by Crippen LogP contribution is 2.16. The molecule has 1 aromatic carbocycles. The summed E-state index contributed by atoms with van der Waals surface area (Å²) >= 11 is 0. The molecule has 1 atom stereocenters. The van der Waals surface area contributed by atoms with Gasteiger partial charge in [-0.1, -0.05) is 12.1 Å². The Balaban J connectivity index is 1.90. The van der Waals surface area contributed by atoms with Crippen LogP contribution in [0.5, 0.6) is 5.75 Å². The van der Waals surface area contributed by atoms with Crippen LogP contribution in [0.15, 0.2) is 46.9 Å². The van der Waals surface area contributed by atoms with E-state index in [-0.39, 0.29) is 11.9 Å². The minimum Gasteiger partial charge on any atom is -0.494 e. The Hall–Kier alpha value is -2.49. The molecule has 116 valence electrons. The van der Waals surface area contributed by atoms with Crippen LogP contribution in [0.1, 0.15) is 37.0 Å². The summed E-state index contributed by atoms with van der Waals surface area (Å²) in [5, 5.41) is 2.87. The number of amides is 1. The summed E-state index contributed by atoms with van der Waals surface area (Å²) in [6, 6.07) is 11.2. The maximum Gasteiger partial charge on any atom is 0.244 e. The van der Waals surface area contributed by atoms with E-state index in [0.717, 1.165) is 22.8 Å². The second-order valence-electron chi connectivity index (χ2n) is 5.01. The van der Waals surface area contributed by atoms with Gasteiger partial charge < -0.3 is 14.5 Å².